The van der Waals surface area contributed by atoms with E-state index in [1.807, 2.05) is 11.8 Å². The van der Waals surface area contributed by atoms with Gasteiger partial charge in [0.1, 0.15) is 0 Å². The van der Waals surface area contributed by atoms with Gasteiger partial charge in [-0.05, 0) is 0 Å². The highest BCUT2D eigenvalue weighted by Gasteiger charge is 2.07. The average Bonchev–Trinajstić information content (AvgIpc) is 1.91. The molecule has 0 atom stereocenters. The second-order valence-electron chi connectivity index (χ2n) is 2.24. The van der Waals surface area contributed by atoms with Crippen LogP contribution in [0.4, 0.5) is 0 Å². The highest BCUT2D eigenvalue weighted by molar-refractivity contribution is 7.99. The summed E-state index contributed by atoms with van der Waals surface area (Å²) in [6, 6.07) is 0. The standard InChI is InChI=1S/C6H14N2S.2ClH/c7-1-2-8-3-5-9-6-4-8;;/h1-7H2;2*1H. The summed E-state index contributed by atoms with van der Waals surface area (Å²) in [4.78, 5) is 2.43. The summed E-state index contributed by atoms with van der Waals surface area (Å²) < 4.78 is 0. The Bertz CT molecular complexity index is 76.2. The quantitative estimate of drug-likeness (QED) is 0.746. The van der Waals surface area contributed by atoms with Crippen LogP contribution in [0.1, 0.15) is 0 Å². The van der Waals surface area contributed by atoms with Gasteiger partial charge in [0.2, 0.25) is 0 Å². The topological polar surface area (TPSA) is 29.3 Å². The average molecular weight is 219 g/mol. The van der Waals surface area contributed by atoms with Gasteiger partial charge in [-0.3, -0.25) is 0 Å². The van der Waals surface area contributed by atoms with Crippen LogP contribution in [0.15, 0.2) is 0 Å². The fourth-order valence-corrected chi connectivity index (χ4v) is 1.99. The first-order valence-corrected chi connectivity index (χ1v) is 4.59. The fraction of sp³-hybridized carbons (Fsp3) is 1.00. The van der Waals surface area contributed by atoms with E-state index in [1.165, 1.54) is 24.6 Å². The van der Waals surface area contributed by atoms with E-state index in [9.17, 15) is 0 Å². The van der Waals surface area contributed by atoms with E-state index in [1.54, 1.807) is 0 Å². The third-order valence-electron chi connectivity index (χ3n) is 1.55. The molecule has 0 unspecified atom stereocenters. The molecular formula is C6H16Cl2N2S. The molecule has 0 aromatic heterocycles. The lowest BCUT2D eigenvalue weighted by Gasteiger charge is -2.25. The molecule has 0 aliphatic carbocycles. The van der Waals surface area contributed by atoms with Gasteiger partial charge >= 0.3 is 0 Å². The lowest BCUT2D eigenvalue weighted by atomic mass is 10.5. The van der Waals surface area contributed by atoms with Crippen molar-refractivity contribution in [1.29, 1.82) is 0 Å². The number of halogens is 2. The molecule has 0 radical (unpaired) electrons. The van der Waals surface area contributed by atoms with Gasteiger partial charge in [0.15, 0.2) is 0 Å². The molecule has 1 rings (SSSR count). The molecule has 2 nitrogen and oxygen atoms in total. The summed E-state index contributed by atoms with van der Waals surface area (Å²) in [6.07, 6.45) is 0. The number of nitrogens with zero attached hydrogens (tertiary/aromatic N) is 1. The molecule has 0 spiro atoms. The Kier molecular flexibility index (Phi) is 11.7. The van der Waals surface area contributed by atoms with Crippen molar-refractivity contribution in [1.82, 2.24) is 4.90 Å². The molecule has 1 saturated heterocycles. The zero-order chi connectivity index (χ0) is 6.53. The largest absolute Gasteiger partial charge is 0.329 e. The van der Waals surface area contributed by atoms with Crippen LogP contribution in [-0.2, 0) is 0 Å². The van der Waals surface area contributed by atoms with Crippen molar-refractivity contribution in [2.24, 2.45) is 5.73 Å². The first-order valence-electron chi connectivity index (χ1n) is 3.43. The Morgan fingerprint density at radius 3 is 2.18 bits per heavy atom. The number of hydrogen-bond donors (Lipinski definition) is 1. The van der Waals surface area contributed by atoms with Gasteiger partial charge in [0, 0.05) is 37.7 Å². The predicted octanol–water partition coefficient (Wildman–Crippen LogP) is 0.837. The Balaban J connectivity index is 0. The van der Waals surface area contributed by atoms with Crippen LogP contribution >= 0.6 is 36.6 Å². The number of hydrogen-bond acceptors (Lipinski definition) is 3. The van der Waals surface area contributed by atoms with Crippen LogP contribution in [0.2, 0.25) is 0 Å². The summed E-state index contributed by atoms with van der Waals surface area (Å²) in [5.41, 5.74) is 5.41. The molecule has 0 saturated carbocycles. The van der Waals surface area contributed by atoms with Crippen molar-refractivity contribution < 1.29 is 0 Å². The second-order valence-corrected chi connectivity index (χ2v) is 3.47. The number of nitrogens with two attached hydrogens (primary N) is 1. The van der Waals surface area contributed by atoms with Crippen molar-refractivity contribution in [3.8, 4) is 0 Å². The zero-order valence-corrected chi connectivity index (χ0v) is 8.94. The molecule has 0 aromatic rings. The van der Waals surface area contributed by atoms with Crippen LogP contribution < -0.4 is 5.73 Å². The maximum atomic E-state index is 5.41. The maximum Gasteiger partial charge on any atom is 0.0105 e. The van der Waals surface area contributed by atoms with E-state index in [4.69, 9.17) is 5.73 Å². The monoisotopic (exact) mass is 218 g/mol. The van der Waals surface area contributed by atoms with Gasteiger partial charge in [-0.2, -0.15) is 11.8 Å². The Hall–Kier alpha value is 0.850. The molecule has 0 aromatic carbocycles. The molecule has 70 valence electrons. The molecule has 1 aliphatic rings. The summed E-state index contributed by atoms with van der Waals surface area (Å²) in [5, 5.41) is 0. The van der Waals surface area contributed by atoms with E-state index in [-0.39, 0.29) is 24.8 Å². The highest BCUT2D eigenvalue weighted by atomic mass is 35.5. The minimum Gasteiger partial charge on any atom is -0.329 e. The number of rotatable bonds is 2. The fourth-order valence-electron chi connectivity index (χ4n) is 1.01. The summed E-state index contributed by atoms with van der Waals surface area (Å²) in [5.74, 6) is 2.58. The molecule has 1 aliphatic heterocycles. The van der Waals surface area contributed by atoms with Crippen molar-refractivity contribution >= 4 is 36.6 Å². The van der Waals surface area contributed by atoms with E-state index in [2.05, 4.69) is 4.90 Å². The lowest BCUT2D eigenvalue weighted by Crippen LogP contribution is -2.36. The summed E-state index contributed by atoms with van der Waals surface area (Å²) >= 11 is 2.04. The second kappa shape index (κ2) is 8.94. The summed E-state index contributed by atoms with van der Waals surface area (Å²) in [6.45, 7) is 4.37. The summed E-state index contributed by atoms with van der Waals surface area (Å²) in [7, 11) is 0. The van der Waals surface area contributed by atoms with Crippen molar-refractivity contribution in [2.75, 3.05) is 37.7 Å². The van der Waals surface area contributed by atoms with Gasteiger partial charge in [0.05, 0.1) is 0 Å². The SMILES string of the molecule is Cl.Cl.NCCN1CCSCC1. The van der Waals surface area contributed by atoms with Gasteiger partial charge in [-0.1, -0.05) is 0 Å². The van der Waals surface area contributed by atoms with Crippen LogP contribution in [0.3, 0.4) is 0 Å². The number of thioether (sulfide) groups is 1. The maximum absolute atomic E-state index is 5.41. The first kappa shape index (κ1) is 14.4. The smallest absolute Gasteiger partial charge is 0.0105 e. The molecule has 2 N–H and O–H groups in total. The predicted molar refractivity (Wildman–Crippen MR) is 57.3 cm³/mol. The minimum atomic E-state index is 0. The third-order valence-corrected chi connectivity index (χ3v) is 2.49. The molecule has 0 amide bonds. The van der Waals surface area contributed by atoms with Crippen molar-refractivity contribution in [3.63, 3.8) is 0 Å². The van der Waals surface area contributed by atoms with Gasteiger partial charge < -0.3 is 10.6 Å². The van der Waals surface area contributed by atoms with E-state index >= 15 is 0 Å². The lowest BCUT2D eigenvalue weighted by molar-refractivity contribution is 0.311. The molecule has 11 heavy (non-hydrogen) atoms. The van der Waals surface area contributed by atoms with Crippen molar-refractivity contribution in [3.05, 3.63) is 0 Å². The van der Waals surface area contributed by atoms with Gasteiger partial charge in [-0.25, -0.2) is 0 Å². The molecule has 1 fully saturated rings. The molecule has 0 bridgehead atoms. The molecule has 5 heteroatoms. The van der Waals surface area contributed by atoms with Gasteiger partial charge in [0.25, 0.3) is 0 Å². The van der Waals surface area contributed by atoms with Crippen LogP contribution in [-0.4, -0.2) is 42.6 Å². The Labute approximate surface area is 85.1 Å². The van der Waals surface area contributed by atoms with Crippen molar-refractivity contribution in [2.45, 2.75) is 0 Å². The van der Waals surface area contributed by atoms with Crippen LogP contribution in [0.25, 0.3) is 0 Å². The Morgan fingerprint density at radius 1 is 1.18 bits per heavy atom. The van der Waals surface area contributed by atoms with Crippen LogP contribution in [0.5, 0.6) is 0 Å². The Morgan fingerprint density at radius 2 is 1.73 bits per heavy atom. The van der Waals surface area contributed by atoms with E-state index in [0.717, 1.165) is 13.1 Å². The van der Waals surface area contributed by atoms with E-state index in [0.29, 0.717) is 0 Å². The third kappa shape index (κ3) is 6.05. The minimum absolute atomic E-state index is 0. The molecular weight excluding hydrogens is 203 g/mol. The molecule has 1 heterocycles. The van der Waals surface area contributed by atoms with E-state index < -0.39 is 0 Å². The zero-order valence-electron chi connectivity index (χ0n) is 6.49. The first-order chi connectivity index (χ1) is 4.43. The highest BCUT2D eigenvalue weighted by Crippen LogP contribution is 2.07. The normalized spacial score (nSPS) is 18.3. The van der Waals surface area contributed by atoms with Crippen LogP contribution in [0, 0.1) is 0 Å². The van der Waals surface area contributed by atoms with Gasteiger partial charge in [-0.15, -0.1) is 24.8 Å².